The molecule has 0 spiro atoms. The molecule has 0 amide bonds. The maximum absolute atomic E-state index is 2.40. The second-order valence-electron chi connectivity index (χ2n) is 11.9. The van der Waals surface area contributed by atoms with Gasteiger partial charge in [0, 0.05) is 56.9 Å². The van der Waals surface area contributed by atoms with Gasteiger partial charge in [0.1, 0.15) is 0 Å². The van der Waals surface area contributed by atoms with E-state index in [0.717, 1.165) is 11.4 Å². The summed E-state index contributed by atoms with van der Waals surface area (Å²) in [6, 6.07) is 61.2. The zero-order valence-electron chi connectivity index (χ0n) is 25.5. The standard InChI is InChI=1S/C43H31N3/c1-44(34-27-28-42-39(29-34)37-18-9-10-21-40(37)45(42)32-13-4-2-5-14-32)31-25-23-30(24-26-31)35-19-12-20-38-36-17-8-11-22-41(36)46(43(35)38)33-15-6-3-7-16-33/h2-29H,1H3. The van der Waals surface area contributed by atoms with Gasteiger partial charge in [0.2, 0.25) is 0 Å². The van der Waals surface area contributed by atoms with Gasteiger partial charge in [-0.25, -0.2) is 0 Å². The van der Waals surface area contributed by atoms with Crippen LogP contribution >= 0.6 is 0 Å². The fourth-order valence-corrected chi connectivity index (χ4v) is 7.14. The van der Waals surface area contributed by atoms with Crippen LogP contribution in [0.15, 0.2) is 170 Å². The van der Waals surface area contributed by atoms with Crippen LogP contribution in [-0.2, 0) is 0 Å². The highest BCUT2D eigenvalue weighted by molar-refractivity contribution is 6.14. The molecule has 0 aliphatic carbocycles. The lowest BCUT2D eigenvalue weighted by Gasteiger charge is -2.20. The van der Waals surface area contributed by atoms with Crippen LogP contribution in [0.5, 0.6) is 0 Å². The lowest BCUT2D eigenvalue weighted by molar-refractivity contribution is 1.17. The van der Waals surface area contributed by atoms with Gasteiger partial charge in [-0.3, -0.25) is 0 Å². The van der Waals surface area contributed by atoms with Crippen molar-refractivity contribution < 1.29 is 0 Å². The molecule has 46 heavy (non-hydrogen) atoms. The third-order valence-electron chi connectivity index (χ3n) is 9.33. The second-order valence-corrected chi connectivity index (χ2v) is 11.9. The third-order valence-corrected chi connectivity index (χ3v) is 9.33. The summed E-state index contributed by atoms with van der Waals surface area (Å²) in [5.74, 6) is 0. The van der Waals surface area contributed by atoms with Gasteiger partial charge >= 0.3 is 0 Å². The van der Waals surface area contributed by atoms with Crippen molar-refractivity contribution in [2.45, 2.75) is 0 Å². The van der Waals surface area contributed by atoms with Crippen LogP contribution in [0.4, 0.5) is 11.4 Å². The lowest BCUT2D eigenvalue weighted by Crippen LogP contribution is -2.09. The van der Waals surface area contributed by atoms with Gasteiger partial charge in [0.25, 0.3) is 0 Å². The van der Waals surface area contributed by atoms with Crippen molar-refractivity contribution in [1.29, 1.82) is 0 Å². The number of rotatable bonds is 5. The number of nitrogens with zero attached hydrogens (tertiary/aromatic N) is 3. The third kappa shape index (κ3) is 4.06. The first-order valence-corrected chi connectivity index (χ1v) is 15.8. The van der Waals surface area contributed by atoms with Crippen molar-refractivity contribution >= 4 is 55.0 Å². The highest BCUT2D eigenvalue weighted by Gasteiger charge is 2.17. The minimum atomic E-state index is 1.14. The molecule has 0 fully saturated rings. The SMILES string of the molecule is CN(c1ccc(-c2cccc3c4ccccc4n(-c4ccccc4)c23)cc1)c1ccc2c(c1)c1ccccc1n2-c1ccccc1. The molecule has 0 bridgehead atoms. The first-order valence-electron chi connectivity index (χ1n) is 15.8. The highest BCUT2D eigenvalue weighted by Crippen LogP contribution is 2.39. The van der Waals surface area contributed by atoms with Gasteiger partial charge in [0.05, 0.1) is 22.1 Å². The van der Waals surface area contributed by atoms with Crippen LogP contribution in [0.2, 0.25) is 0 Å². The Morgan fingerprint density at radius 2 is 0.913 bits per heavy atom. The Kier molecular flexibility index (Phi) is 6.04. The largest absolute Gasteiger partial charge is 0.345 e. The Hall–Kier alpha value is -6.06. The fourth-order valence-electron chi connectivity index (χ4n) is 7.14. The van der Waals surface area contributed by atoms with Crippen molar-refractivity contribution in [3.05, 3.63) is 170 Å². The molecule has 2 aromatic heterocycles. The molecule has 0 aliphatic heterocycles. The minimum Gasteiger partial charge on any atom is -0.345 e. The van der Waals surface area contributed by atoms with E-state index in [1.807, 2.05) is 0 Å². The lowest BCUT2D eigenvalue weighted by atomic mass is 10.0. The van der Waals surface area contributed by atoms with Gasteiger partial charge in [-0.2, -0.15) is 0 Å². The van der Waals surface area contributed by atoms with Crippen LogP contribution < -0.4 is 4.90 Å². The average Bonchev–Trinajstić information content (AvgIpc) is 3.65. The quantitative estimate of drug-likeness (QED) is 0.195. The summed E-state index contributed by atoms with van der Waals surface area (Å²) < 4.78 is 4.76. The molecular formula is C43H31N3. The summed E-state index contributed by atoms with van der Waals surface area (Å²) in [6.45, 7) is 0. The Labute approximate surface area is 267 Å². The number of fused-ring (bicyclic) bond motifs is 6. The molecule has 0 radical (unpaired) electrons. The zero-order valence-corrected chi connectivity index (χ0v) is 25.5. The number of hydrogen-bond acceptors (Lipinski definition) is 1. The fraction of sp³-hybridized carbons (Fsp3) is 0.0233. The highest BCUT2D eigenvalue weighted by atomic mass is 15.1. The van der Waals surface area contributed by atoms with E-state index in [2.05, 4.69) is 191 Å². The minimum absolute atomic E-state index is 1.14. The molecule has 0 saturated carbocycles. The predicted molar refractivity (Wildman–Crippen MR) is 195 cm³/mol. The van der Waals surface area contributed by atoms with Gasteiger partial charge < -0.3 is 14.0 Å². The number of aromatic nitrogens is 2. The van der Waals surface area contributed by atoms with Crippen LogP contribution in [0.3, 0.4) is 0 Å². The van der Waals surface area contributed by atoms with Gasteiger partial charge in [0.15, 0.2) is 0 Å². The van der Waals surface area contributed by atoms with E-state index in [-0.39, 0.29) is 0 Å². The van der Waals surface area contributed by atoms with Crippen molar-refractivity contribution in [3.63, 3.8) is 0 Å². The maximum Gasteiger partial charge on any atom is 0.0619 e. The van der Waals surface area contributed by atoms with E-state index in [4.69, 9.17) is 0 Å². The van der Waals surface area contributed by atoms with Crippen molar-refractivity contribution in [2.24, 2.45) is 0 Å². The Balaban J connectivity index is 1.13. The number of anilines is 2. The van der Waals surface area contributed by atoms with Crippen LogP contribution in [0.1, 0.15) is 0 Å². The summed E-state index contributed by atoms with van der Waals surface area (Å²) in [6.07, 6.45) is 0. The maximum atomic E-state index is 2.40. The Bertz CT molecular complexity index is 2520. The summed E-state index contributed by atoms with van der Waals surface area (Å²) in [5.41, 5.74) is 11.9. The average molecular weight is 590 g/mol. The molecule has 0 saturated heterocycles. The van der Waals surface area contributed by atoms with Crippen molar-refractivity contribution in [3.8, 4) is 22.5 Å². The molecule has 0 atom stereocenters. The van der Waals surface area contributed by atoms with Gasteiger partial charge in [-0.05, 0) is 72.3 Å². The van der Waals surface area contributed by atoms with E-state index in [9.17, 15) is 0 Å². The van der Waals surface area contributed by atoms with E-state index in [0.29, 0.717) is 0 Å². The van der Waals surface area contributed by atoms with E-state index in [1.165, 1.54) is 66.1 Å². The molecule has 7 aromatic carbocycles. The van der Waals surface area contributed by atoms with Crippen LogP contribution in [-0.4, -0.2) is 16.2 Å². The van der Waals surface area contributed by atoms with E-state index >= 15 is 0 Å². The summed E-state index contributed by atoms with van der Waals surface area (Å²) >= 11 is 0. The van der Waals surface area contributed by atoms with Crippen LogP contribution in [0, 0.1) is 0 Å². The number of para-hydroxylation sites is 5. The summed E-state index contributed by atoms with van der Waals surface area (Å²) in [7, 11) is 2.15. The topological polar surface area (TPSA) is 13.1 Å². The van der Waals surface area contributed by atoms with Crippen LogP contribution in [0.25, 0.3) is 66.1 Å². The molecule has 2 heterocycles. The van der Waals surface area contributed by atoms with Gasteiger partial charge in [-0.1, -0.05) is 103 Å². The van der Waals surface area contributed by atoms with E-state index in [1.54, 1.807) is 0 Å². The molecule has 218 valence electrons. The second kappa shape index (κ2) is 10.5. The summed E-state index contributed by atoms with van der Waals surface area (Å²) in [5, 5.41) is 5.04. The normalized spacial score (nSPS) is 11.6. The molecule has 0 unspecified atom stereocenters. The Morgan fingerprint density at radius 3 is 1.61 bits per heavy atom. The van der Waals surface area contributed by atoms with Crippen molar-refractivity contribution in [2.75, 3.05) is 11.9 Å². The molecule has 9 aromatic rings. The first kappa shape index (κ1) is 26.4. The predicted octanol–water partition coefficient (Wildman–Crippen LogP) is 11.3. The molecule has 3 heteroatoms. The first-order chi connectivity index (χ1) is 22.8. The zero-order chi connectivity index (χ0) is 30.6. The Morgan fingerprint density at radius 1 is 0.391 bits per heavy atom. The molecule has 0 aliphatic rings. The molecule has 0 N–H and O–H groups in total. The smallest absolute Gasteiger partial charge is 0.0619 e. The van der Waals surface area contributed by atoms with Crippen molar-refractivity contribution in [1.82, 2.24) is 9.13 Å². The monoisotopic (exact) mass is 589 g/mol. The molecule has 9 rings (SSSR count). The molecule has 3 nitrogen and oxygen atoms in total. The number of hydrogen-bond donors (Lipinski definition) is 0. The van der Waals surface area contributed by atoms with E-state index < -0.39 is 0 Å². The molecular weight excluding hydrogens is 558 g/mol. The summed E-state index contributed by atoms with van der Waals surface area (Å²) in [4.78, 5) is 2.28. The van der Waals surface area contributed by atoms with Gasteiger partial charge in [-0.15, -0.1) is 0 Å². The number of benzene rings is 7.